The quantitative estimate of drug-likeness (QED) is 0.457. The molecule has 20 heavy (non-hydrogen) atoms. The van der Waals surface area contributed by atoms with Crippen LogP contribution in [0.3, 0.4) is 0 Å². The fourth-order valence-corrected chi connectivity index (χ4v) is 2.50. The first kappa shape index (κ1) is 12.8. The molecule has 1 aliphatic heterocycles. The molecule has 3 rings (SSSR count). The third-order valence-electron chi connectivity index (χ3n) is 3.58. The summed E-state index contributed by atoms with van der Waals surface area (Å²) in [7, 11) is 0. The van der Waals surface area contributed by atoms with E-state index in [1.165, 1.54) is 0 Å². The molecule has 2 aromatic rings. The van der Waals surface area contributed by atoms with Gasteiger partial charge in [-0.15, -0.1) is 0 Å². The Hall–Kier alpha value is -2.18. The van der Waals surface area contributed by atoms with Gasteiger partial charge in [-0.2, -0.15) is 0 Å². The first-order valence-corrected chi connectivity index (χ1v) is 6.41. The van der Waals surface area contributed by atoms with E-state index >= 15 is 0 Å². The predicted octanol–water partition coefficient (Wildman–Crippen LogP) is 0.0607. The Morgan fingerprint density at radius 1 is 1.25 bits per heavy atom. The standard InChI is InChI=1S/C14H16N4O2/c15-14(16)9-5-13(18-6-11(19)12(20)7-18)17-10-4-2-1-3-8(9)10/h1-5,11-12,19-20H,6-7H2,(H3,15,16). The molecule has 0 amide bonds. The van der Waals surface area contributed by atoms with Gasteiger partial charge < -0.3 is 20.8 Å². The molecule has 1 aromatic carbocycles. The number of nitrogens with zero attached hydrogens (tertiary/aromatic N) is 2. The topological polar surface area (TPSA) is 106 Å². The Kier molecular flexibility index (Phi) is 3.04. The van der Waals surface area contributed by atoms with E-state index in [-0.39, 0.29) is 5.84 Å². The Labute approximate surface area is 116 Å². The molecule has 5 N–H and O–H groups in total. The van der Waals surface area contributed by atoms with Crippen molar-refractivity contribution in [1.82, 2.24) is 4.98 Å². The fraction of sp³-hybridized carbons (Fsp3) is 0.286. The highest BCUT2D eigenvalue weighted by atomic mass is 16.3. The first-order valence-electron chi connectivity index (χ1n) is 6.41. The molecule has 1 aliphatic rings. The minimum absolute atomic E-state index is 0.0230. The molecule has 0 spiro atoms. The van der Waals surface area contributed by atoms with Crippen molar-refractivity contribution in [3.8, 4) is 0 Å². The third kappa shape index (κ3) is 2.09. The van der Waals surface area contributed by atoms with Crippen molar-refractivity contribution in [1.29, 1.82) is 5.41 Å². The van der Waals surface area contributed by atoms with Crippen LogP contribution in [0, 0.1) is 5.41 Å². The number of aromatic nitrogens is 1. The largest absolute Gasteiger partial charge is 0.389 e. The second-order valence-corrected chi connectivity index (χ2v) is 5.00. The molecule has 6 nitrogen and oxygen atoms in total. The number of hydrogen-bond donors (Lipinski definition) is 4. The van der Waals surface area contributed by atoms with Crippen molar-refractivity contribution in [2.75, 3.05) is 18.0 Å². The van der Waals surface area contributed by atoms with Crippen LogP contribution in [0.15, 0.2) is 30.3 Å². The maximum absolute atomic E-state index is 9.63. The number of hydrogen-bond acceptors (Lipinski definition) is 5. The Bertz CT molecular complexity index is 663. The van der Waals surface area contributed by atoms with Crippen molar-refractivity contribution < 1.29 is 10.2 Å². The molecule has 0 bridgehead atoms. The highest BCUT2D eigenvalue weighted by Gasteiger charge is 2.30. The number of fused-ring (bicyclic) bond motifs is 1. The van der Waals surface area contributed by atoms with Crippen LogP contribution >= 0.6 is 0 Å². The number of pyridine rings is 1. The summed E-state index contributed by atoms with van der Waals surface area (Å²) in [5.41, 5.74) is 6.99. The Morgan fingerprint density at radius 2 is 1.90 bits per heavy atom. The number of amidine groups is 1. The summed E-state index contributed by atoms with van der Waals surface area (Å²) >= 11 is 0. The molecule has 1 aromatic heterocycles. The number of β-amino-alcohol motifs (C(OH)–C–C–N with tert-alkyl or cyclic N) is 2. The lowest BCUT2D eigenvalue weighted by Crippen LogP contribution is -2.23. The molecule has 2 atom stereocenters. The van der Waals surface area contributed by atoms with E-state index in [0.717, 1.165) is 10.9 Å². The number of aliphatic hydroxyl groups excluding tert-OH is 2. The average Bonchev–Trinajstić information content (AvgIpc) is 2.77. The first-order chi connectivity index (χ1) is 9.56. The normalized spacial score (nSPS) is 22.4. The Morgan fingerprint density at radius 3 is 2.55 bits per heavy atom. The van der Waals surface area contributed by atoms with E-state index in [2.05, 4.69) is 4.98 Å². The lowest BCUT2D eigenvalue weighted by Gasteiger charge is -2.18. The van der Waals surface area contributed by atoms with Crippen molar-refractivity contribution in [3.63, 3.8) is 0 Å². The summed E-state index contributed by atoms with van der Waals surface area (Å²) in [6.07, 6.45) is -1.55. The van der Waals surface area contributed by atoms with Crippen LogP contribution in [-0.4, -0.2) is 46.3 Å². The van der Waals surface area contributed by atoms with E-state index in [1.54, 1.807) is 11.0 Å². The second-order valence-electron chi connectivity index (χ2n) is 5.00. The lowest BCUT2D eigenvalue weighted by molar-refractivity contribution is 0.0572. The predicted molar refractivity (Wildman–Crippen MR) is 77.0 cm³/mol. The highest BCUT2D eigenvalue weighted by Crippen LogP contribution is 2.25. The van der Waals surface area contributed by atoms with Crippen molar-refractivity contribution in [2.45, 2.75) is 12.2 Å². The van der Waals surface area contributed by atoms with Gasteiger partial charge in [0.15, 0.2) is 0 Å². The molecule has 0 saturated carbocycles. The number of anilines is 1. The zero-order valence-corrected chi connectivity index (χ0v) is 10.8. The van der Waals surface area contributed by atoms with Crippen molar-refractivity contribution in [2.24, 2.45) is 5.73 Å². The Balaban J connectivity index is 2.11. The van der Waals surface area contributed by atoms with Gasteiger partial charge in [-0.3, -0.25) is 5.41 Å². The van der Waals surface area contributed by atoms with Gasteiger partial charge in [-0.05, 0) is 12.1 Å². The van der Waals surface area contributed by atoms with Gasteiger partial charge in [-0.1, -0.05) is 18.2 Å². The minimum Gasteiger partial charge on any atom is -0.389 e. The maximum Gasteiger partial charge on any atom is 0.130 e. The molecular weight excluding hydrogens is 256 g/mol. The third-order valence-corrected chi connectivity index (χ3v) is 3.58. The van der Waals surface area contributed by atoms with Crippen LogP contribution in [0.4, 0.5) is 5.82 Å². The van der Waals surface area contributed by atoms with Gasteiger partial charge in [0.2, 0.25) is 0 Å². The number of nitrogens with two attached hydrogens (primary N) is 1. The summed E-state index contributed by atoms with van der Waals surface area (Å²) in [6.45, 7) is 0.647. The summed E-state index contributed by atoms with van der Waals surface area (Å²) in [4.78, 5) is 6.32. The summed E-state index contributed by atoms with van der Waals surface area (Å²) in [5.74, 6) is 0.592. The van der Waals surface area contributed by atoms with Gasteiger partial charge in [0.05, 0.1) is 17.7 Å². The van der Waals surface area contributed by atoms with Crippen molar-refractivity contribution in [3.05, 3.63) is 35.9 Å². The molecule has 1 fully saturated rings. The van der Waals surface area contributed by atoms with Gasteiger partial charge in [0.25, 0.3) is 0 Å². The van der Waals surface area contributed by atoms with E-state index in [4.69, 9.17) is 11.1 Å². The van der Waals surface area contributed by atoms with Gasteiger partial charge in [0, 0.05) is 24.0 Å². The van der Waals surface area contributed by atoms with Gasteiger partial charge in [-0.25, -0.2) is 4.98 Å². The van der Waals surface area contributed by atoms with E-state index in [0.29, 0.717) is 24.5 Å². The number of benzene rings is 1. The molecular formula is C14H16N4O2. The van der Waals surface area contributed by atoms with E-state index < -0.39 is 12.2 Å². The fourth-order valence-electron chi connectivity index (χ4n) is 2.50. The molecule has 6 heteroatoms. The lowest BCUT2D eigenvalue weighted by atomic mass is 10.1. The number of nitrogens with one attached hydrogen (secondary N) is 1. The molecule has 2 heterocycles. The van der Waals surface area contributed by atoms with Crippen LogP contribution in [0.2, 0.25) is 0 Å². The van der Waals surface area contributed by atoms with Crippen LogP contribution in [0.25, 0.3) is 10.9 Å². The molecule has 1 saturated heterocycles. The summed E-state index contributed by atoms with van der Waals surface area (Å²) in [6, 6.07) is 9.20. The van der Waals surface area contributed by atoms with Crippen LogP contribution in [0.1, 0.15) is 5.56 Å². The van der Waals surface area contributed by atoms with Crippen LogP contribution in [0.5, 0.6) is 0 Å². The number of nitrogen functional groups attached to an aromatic ring is 1. The smallest absolute Gasteiger partial charge is 0.130 e. The molecule has 104 valence electrons. The number of aliphatic hydroxyl groups is 2. The van der Waals surface area contributed by atoms with Crippen molar-refractivity contribution >= 4 is 22.6 Å². The minimum atomic E-state index is -0.774. The van der Waals surface area contributed by atoms with E-state index in [1.807, 2.05) is 24.3 Å². The second kappa shape index (κ2) is 4.73. The van der Waals surface area contributed by atoms with Gasteiger partial charge >= 0.3 is 0 Å². The number of rotatable bonds is 2. The SMILES string of the molecule is N=C(N)c1cc(N2CC(O)C(O)C2)nc2ccccc12. The molecule has 0 radical (unpaired) electrons. The molecule has 0 aliphatic carbocycles. The zero-order chi connectivity index (χ0) is 14.3. The van der Waals surface area contributed by atoms with Gasteiger partial charge in [0.1, 0.15) is 11.7 Å². The number of para-hydroxylation sites is 1. The van der Waals surface area contributed by atoms with Crippen LogP contribution in [-0.2, 0) is 0 Å². The monoisotopic (exact) mass is 272 g/mol. The zero-order valence-electron chi connectivity index (χ0n) is 10.8. The highest BCUT2D eigenvalue weighted by molar-refractivity contribution is 6.07. The van der Waals surface area contributed by atoms with Crippen LogP contribution < -0.4 is 10.6 Å². The average molecular weight is 272 g/mol. The maximum atomic E-state index is 9.63. The van der Waals surface area contributed by atoms with E-state index in [9.17, 15) is 10.2 Å². The summed E-state index contributed by atoms with van der Waals surface area (Å²) < 4.78 is 0. The summed E-state index contributed by atoms with van der Waals surface area (Å²) in [5, 5.41) is 27.8. The molecule has 2 unspecified atom stereocenters.